The number of anilines is 1. The van der Waals surface area contributed by atoms with Gasteiger partial charge in [0, 0.05) is 12.2 Å². The average molecular weight is 238 g/mol. The van der Waals surface area contributed by atoms with Gasteiger partial charge in [-0.1, -0.05) is 6.92 Å². The number of rotatable bonds is 2. The molecule has 0 spiro atoms. The fraction of sp³-hybridized carbons (Fsp3) is 0.636. The van der Waals surface area contributed by atoms with Crippen LogP contribution in [0, 0.1) is 12.8 Å². The number of aromatic amines is 1. The Morgan fingerprint density at radius 2 is 2.41 bits per heavy atom. The maximum Gasteiger partial charge on any atom is 0.259 e. The maximum atomic E-state index is 12.3. The predicted molar refractivity (Wildman–Crippen MR) is 63.4 cm³/mol. The van der Waals surface area contributed by atoms with E-state index in [2.05, 4.69) is 10.2 Å². The van der Waals surface area contributed by atoms with Crippen LogP contribution in [-0.2, 0) is 0 Å². The predicted octanol–water partition coefficient (Wildman–Crippen LogP) is 0.143. The smallest absolute Gasteiger partial charge is 0.259 e. The Hall–Kier alpha value is -1.56. The lowest BCUT2D eigenvalue weighted by Crippen LogP contribution is -2.40. The Bertz CT molecular complexity index is 410. The van der Waals surface area contributed by atoms with Crippen LogP contribution in [0.3, 0.4) is 0 Å². The number of aliphatic hydroxyl groups is 1. The van der Waals surface area contributed by atoms with Crippen LogP contribution in [0.2, 0.25) is 0 Å². The zero-order valence-corrected chi connectivity index (χ0v) is 10.1. The molecule has 1 aliphatic heterocycles. The number of amides is 1. The van der Waals surface area contributed by atoms with Crippen molar-refractivity contribution in [3.8, 4) is 0 Å². The summed E-state index contributed by atoms with van der Waals surface area (Å²) in [4.78, 5) is 14.0. The van der Waals surface area contributed by atoms with Crippen molar-refractivity contribution in [1.82, 2.24) is 15.1 Å². The molecule has 1 aromatic heterocycles. The van der Waals surface area contributed by atoms with Crippen molar-refractivity contribution in [2.75, 3.05) is 18.9 Å². The van der Waals surface area contributed by atoms with Crippen molar-refractivity contribution in [3.63, 3.8) is 0 Å². The van der Waals surface area contributed by atoms with Gasteiger partial charge in [-0.05, 0) is 19.3 Å². The fourth-order valence-corrected chi connectivity index (χ4v) is 2.40. The van der Waals surface area contributed by atoms with Gasteiger partial charge in [0.05, 0.1) is 12.6 Å². The highest BCUT2D eigenvalue weighted by Crippen LogP contribution is 2.27. The van der Waals surface area contributed by atoms with Crippen molar-refractivity contribution in [2.45, 2.75) is 26.3 Å². The first kappa shape index (κ1) is 11.9. The molecule has 6 nitrogen and oxygen atoms in total. The summed E-state index contributed by atoms with van der Waals surface area (Å²) in [6, 6.07) is -0.115. The van der Waals surface area contributed by atoms with Crippen molar-refractivity contribution in [1.29, 1.82) is 0 Å². The van der Waals surface area contributed by atoms with E-state index >= 15 is 0 Å². The second-order valence-corrected chi connectivity index (χ2v) is 4.62. The standard InChI is InChI=1S/C11H18N4O2/c1-6-3-4-15(8(6)5-16)11(17)9-7(2)13-14-10(9)12/h6,8,16H,3-5H2,1-2H3,(H3,12,13,14). The largest absolute Gasteiger partial charge is 0.394 e. The fourth-order valence-electron chi connectivity index (χ4n) is 2.40. The highest BCUT2D eigenvalue weighted by atomic mass is 16.3. The molecule has 94 valence electrons. The number of nitrogen functional groups attached to an aromatic ring is 1. The highest BCUT2D eigenvalue weighted by Gasteiger charge is 2.35. The van der Waals surface area contributed by atoms with Gasteiger partial charge in [-0.25, -0.2) is 0 Å². The first-order valence-electron chi connectivity index (χ1n) is 5.78. The van der Waals surface area contributed by atoms with Gasteiger partial charge in [-0.15, -0.1) is 0 Å². The molecule has 1 saturated heterocycles. The van der Waals surface area contributed by atoms with Gasteiger partial charge < -0.3 is 15.7 Å². The van der Waals surface area contributed by atoms with Crippen LogP contribution >= 0.6 is 0 Å². The molecule has 0 saturated carbocycles. The highest BCUT2D eigenvalue weighted by molar-refractivity contribution is 5.99. The zero-order valence-electron chi connectivity index (χ0n) is 10.1. The zero-order chi connectivity index (χ0) is 12.6. The lowest BCUT2D eigenvalue weighted by Gasteiger charge is -2.25. The minimum absolute atomic E-state index is 0.0102. The quantitative estimate of drug-likeness (QED) is 0.683. The lowest BCUT2D eigenvalue weighted by molar-refractivity contribution is 0.0648. The summed E-state index contributed by atoms with van der Waals surface area (Å²) in [7, 11) is 0. The van der Waals surface area contributed by atoms with Crippen LogP contribution in [0.25, 0.3) is 0 Å². The summed E-state index contributed by atoms with van der Waals surface area (Å²) in [5.74, 6) is 0.401. The number of aromatic nitrogens is 2. The Kier molecular flexibility index (Phi) is 3.06. The van der Waals surface area contributed by atoms with E-state index in [1.54, 1.807) is 11.8 Å². The van der Waals surface area contributed by atoms with Gasteiger partial charge >= 0.3 is 0 Å². The molecule has 0 bridgehead atoms. The van der Waals surface area contributed by atoms with Crippen LogP contribution in [-0.4, -0.2) is 45.3 Å². The van der Waals surface area contributed by atoms with E-state index in [0.717, 1.165) is 6.42 Å². The summed E-state index contributed by atoms with van der Waals surface area (Å²) in [5.41, 5.74) is 6.78. The molecule has 17 heavy (non-hydrogen) atoms. The number of nitrogens with two attached hydrogens (primary N) is 1. The number of likely N-dealkylation sites (tertiary alicyclic amines) is 1. The number of carbonyl (C=O) groups is 1. The molecule has 1 fully saturated rings. The molecule has 0 aliphatic carbocycles. The summed E-state index contributed by atoms with van der Waals surface area (Å²) in [6.45, 7) is 4.46. The van der Waals surface area contributed by atoms with Crippen molar-refractivity contribution in [3.05, 3.63) is 11.3 Å². The van der Waals surface area contributed by atoms with E-state index in [1.165, 1.54) is 0 Å². The third kappa shape index (κ3) is 1.88. The SMILES string of the molecule is Cc1[nH]nc(N)c1C(=O)N1CCC(C)C1CO. The monoisotopic (exact) mass is 238 g/mol. The minimum atomic E-state index is -0.142. The Morgan fingerprint density at radius 3 is 2.94 bits per heavy atom. The number of H-pyrrole nitrogens is 1. The first-order chi connectivity index (χ1) is 8.06. The molecule has 2 heterocycles. The molecule has 0 radical (unpaired) electrons. The van der Waals surface area contributed by atoms with Gasteiger partial charge in [0.1, 0.15) is 5.56 Å². The second kappa shape index (κ2) is 4.37. The van der Waals surface area contributed by atoms with Crippen LogP contribution in [0.5, 0.6) is 0 Å². The Morgan fingerprint density at radius 1 is 1.71 bits per heavy atom. The van der Waals surface area contributed by atoms with Gasteiger partial charge in [-0.2, -0.15) is 5.10 Å². The molecular formula is C11H18N4O2. The van der Waals surface area contributed by atoms with E-state index < -0.39 is 0 Å². The molecule has 0 aromatic carbocycles. The van der Waals surface area contributed by atoms with Crippen LogP contribution in [0.4, 0.5) is 5.82 Å². The van der Waals surface area contributed by atoms with Crippen LogP contribution in [0.1, 0.15) is 29.4 Å². The molecule has 2 unspecified atom stereocenters. The van der Waals surface area contributed by atoms with E-state index in [4.69, 9.17) is 5.73 Å². The summed E-state index contributed by atoms with van der Waals surface area (Å²) in [5, 5.41) is 15.9. The van der Waals surface area contributed by atoms with E-state index in [-0.39, 0.29) is 24.4 Å². The first-order valence-corrected chi connectivity index (χ1v) is 5.78. The molecule has 2 atom stereocenters. The number of nitrogens with zero attached hydrogens (tertiary/aromatic N) is 2. The summed E-state index contributed by atoms with van der Waals surface area (Å²) < 4.78 is 0. The van der Waals surface area contributed by atoms with Gasteiger partial charge in [0.15, 0.2) is 5.82 Å². The number of hydrogen-bond donors (Lipinski definition) is 3. The molecule has 1 aromatic rings. The second-order valence-electron chi connectivity index (χ2n) is 4.62. The molecule has 1 aliphatic rings. The van der Waals surface area contributed by atoms with Crippen LogP contribution in [0.15, 0.2) is 0 Å². The molecule has 2 rings (SSSR count). The van der Waals surface area contributed by atoms with Gasteiger partial charge in [-0.3, -0.25) is 9.89 Å². The topological polar surface area (TPSA) is 95.2 Å². The van der Waals surface area contributed by atoms with E-state index in [0.29, 0.717) is 23.7 Å². The number of hydrogen-bond acceptors (Lipinski definition) is 4. The number of aliphatic hydroxyl groups excluding tert-OH is 1. The summed E-state index contributed by atoms with van der Waals surface area (Å²) >= 11 is 0. The van der Waals surface area contributed by atoms with Gasteiger partial charge in [0.25, 0.3) is 5.91 Å². The van der Waals surface area contributed by atoms with E-state index in [9.17, 15) is 9.90 Å². The third-order valence-electron chi connectivity index (χ3n) is 3.52. The van der Waals surface area contributed by atoms with Crippen LogP contribution < -0.4 is 5.73 Å². The Balaban J connectivity index is 2.27. The van der Waals surface area contributed by atoms with Crippen molar-refractivity contribution >= 4 is 11.7 Å². The minimum Gasteiger partial charge on any atom is -0.394 e. The molecule has 4 N–H and O–H groups in total. The molecular weight excluding hydrogens is 220 g/mol. The third-order valence-corrected chi connectivity index (χ3v) is 3.52. The number of nitrogens with one attached hydrogen (secondary N) is 1. The maximum absolute atomic E-state index is 12.3. The molecule has 1 amide bonds. The van der Waals surface area contributed by atoms with E-state index in [1.807, 2.05) is 6.92 Å². The average Bonchev–Trinajstić information content (AvgIpc) is 2.82. The number of aryl methyl sites for hydroxylation is 1. The normalized spacial score (nSPS) is 24.3. The Labute approximate surface area is 99.8 Å². The summed E-state index contributed by atoms with van der Waals surface area (Å²) in [6.07, 6.45) is 0.910. The number of carbonyl (C=O) groups excluding carboxylic acids is 1. The van der Waals surface area contributed by atoms with Crippen molar-refractivity contribution in [2.24, 2.45) is 5.92 Å². The van der Waals surface area contributed by atoms with Gasteiger partial charge in [0.2, 0.25) is 0 Å². The lowest BCUT2D eigenvalue weighted by atomic mass is 10.0. The molecule has 6 heteroatoms. The van der Waals surface area contributed by atoms with Crippen molar-refractivity contribution < 1.29 is 9.90 Å².